The maximum atomic E-state index is 12.3. The number of carbonyl (C=O) groups is 2. The van der Waals surface area contributed by atoms with Gasteiger partial charge in [-0.2, -0.15) is 5.10 Å². The Hall–Kier alpha value is -2.20. The molecule has 27 heavy (non-hydrogen) atoms. The summed E-state index contributed by atoms with van der Waals surface area (Å²) in [5.74, 6) is -0.715. The number of benzene rings is 1. The van der Waals surface area contributed by atoms with E-state index in [1.165, 1.54) is 6.20 Å². The van der Waals surface area contributed by atoms with Crippen molar-refractivity contribution in [1.82, 2.24) is 14.6 Å². The average molecular weight is 498 g/mol. The van der Waals surface area contributed by atoms with E-state index in [9.17, 15) is 9.59 Å². The summed E-state index contributed by atoms with van der Waals surface area (Å²) in [6.45, 7) is 3.72. The fraction of sp³-hybridized carbons (Fsp3) is 0.222. The maximum Gasteiger partial charge on any atom is 0.254 e. The average Bonchev–Trinajstić information content (AvgIpc) is 3.01. The summed E-state index contributed by atoms with van der Waals surface area (Å²) in [5.41, 5.74) is 9.12. The molecule has 0 atom stereocenters. The van der Waals surface area contributed by atoms with Crippen molar-refractivity contribution in [3.05, 3.63) is 55.5 Å². The van der Waals surface area contributed by atoms with E-state index in [-0.39, 0.29) is 17.9 Å². The molecule has 2 aromatic heterocycles. The van der Waals surface area contributed by atoms with Crippen molar-refractivity contribution in [2.24, 2.45) is 5.73 Å². The van der Waals surface area contributed by atoms with Crippen molar-refractivity contribution in [3.63, 3.8) is 0 Å². The SMILES string of the molecule is Cc1nc2c(C(N)=O)cnn2c(C)c1CCC(=O)Nc1ccc(I)cc1Cl. The number of aryl methyl sites for hydroxylation is 2. The van der Waals surface area contributed by atoms with Crippen molar-refractivity contribution >= 4 is 57.3 Å². The van der Waals surface area contributed by atoms with Crippen LogP contribution in [0.2, 0.25) is 5.02 Å². The van der Waals surface area contributed by atoms with Gasteiger partial charge in [-0.25, -0.2) is 9.50 Å². The van der Waals surface area contributed by atoms with Gasteiger partial charge in [0.25, 0.3) is 5.91 Å². The van der Waals surface area contributed by atoms with Gasteiger partial charge in [0.1, 0.15) is 5.56 Å². The lowest BCUT2D eigenvalue weighted by Gasteiger charge is -2.12. The maximum absolute atomic E-state index is 12.3. The van der Waals surface area contributed by atoms with E-state index >= 15 is 0 Å². The summed E-state index contributed by atoms with van der Waals surface area (Å²) in [4.78, 5) is 28.3. The van der Waals surface area contributed by atoms with Gasteiger partial charge < -0.3 is 11.1 Å². The molecule has 0 unspecified atom stereocenters. The fourth-order valence-corrected chi connectivity index (χ4v) is 3.79. The second-order valence-corrected chi connectivity index (χ2v) is 7.74. The Balaban J connectivity index is 1.78. The standard InChI is InChI=1S/C18H17ClIN5O2/c1-9-12(10(2)25-18(23-9)13(8-22-25)17(21)27)4-6-16(26)24-15-5-3-11(20)7-14(15)19/h3,5,7-8H,4,6H2,1-2H3,(H2,21,27)(H,24,26). The molecule has 0 spiro atoms. The molecular formula is C18H17ClIN5O2. The Morgan fingerprint density at radius 1 is 1.33 bits per heavy atom. The molecule has 0 radical (unpaired) electrons. The van der Waals surface area contributed by atoms with E-state index in [2.05, 4.69) is 38.0 Å². The first kappa shape index (κ1) is 19.6. The normalized spacial score (nSPS) is 11.0. The third-order valence-electron chi connectivity index (χ3n) is 4.28. The third kappa shape index (κ3) is 4.06. The molecule has 0 aliphatic rings. The Kier molecular flexibility index (Phi) is 5.66. The smallest absolute Gasteiger partial charge is 0.254 e. The zero-order valence-electron chi connectivity index (χ0n) is 14.7. The summed E-state index contributed by atoms with van der Waals surface area (Å²) in [7, 11) is 0. The van der Waals surface area contributed by atoms with E-state index in [0.29, 0.717) is 22.8 Å². The number of nitrogens with one attached hydrogen (secondary N) is 1. The van der Waals surface area contributed by atoms with Crippen LogP contribution in [-0.4, -0.2) is 26.4 Å². The number of nitrogens with two attached hydrogens (primary N) is 1. The molecule has 9 heteroatoms. The lowest BCUT2D eigenvalue weighted by molar-refractivity contribution is -0.116. The van der Waals surface area contributed by atoms with E-state index in [4.69, 9.17) is 17.3 Å². The number of rotatable bonds is 5. The van der Waals surface area contributed by atoms with Crippen molar-refractivity contribution < 1.29 is 9.59 Å². The molecular weight excluding hydrogens is 481 g/mol. The summed E-state index contributed by atoms with van der Waals surface area (Å²) in [5, 5.41) is 7.52. The van der Waals surface area contributed by atoms with Crippen LogP contribution < -0.4 is 11.1 Å². The van der Waals surface area contributed by atoms with Crippen LogP contribution in [0, 0.1) is 17.4 Å². The summed E-state index contributed by atoms with van der Waals surface area (Å²) < 4.78 is 2.58. The topological polar surface area (TPSA) is 102 Å². The molecule has 0 fully saturated rings. The number of hydrogen-bond acceptors (Lipinski definition) is 4. The van der Waals surface area contributed by atoms with Gasteiger partial charge in [-0.05, 0) is 66.6 Å². The van der Waals surface area contributed by atoms with Gasteiger partial charge in [-0.15, -0.1) is 0 Å². The van der Waals surface area contributed by atoms with Gasteiger partial charge >= 0.3 is 0 Å². The van der Waals surface area contributed by atoms with Crippen LogP contribution in [0.25, 0.3) is 5.65 Å². The quantitative estimate of drug-likeness (QED) is 0.528. The van der Waals surface area contributed by atoms with E-state index in [1.54, 1.807) is 16.6 Å². The Morgan fingerprint density at radius 3 is 2.74 bits per heavy atom. The Labute approximate surface area is 174 Å². The first-order valence-electron chi connectivity index (χ1n) is 8.16. The molecule has 2 amide bonds. The monoisotopic (exact) mass is 497 g/mol. The fourth-order valence-electron chi connectivity index (χ4n) is 2.89. The molecule has 2 heterocycles. The predicted octanol–water partition coefficient (Wildman–Crippen LogP) is 3.27. The number of aromatic nitrogens is 3. The van der Waals surface area contributed by atoms with Gasteiger partial charge in [-0.1, -0.05) is 11.6 Å². The van der Waals surface area contributed by atoms with E-state index < -0.39 is 5.91 Å². The van der Waals surface area contributed by atoms with Crippen molar-refractivity contribution in [3.8, 4) is 0 Å². The molecule has 3 N–H and O–H groups in total. The van der Waals surface area contributed by atoms with Gasteiger partial charge in [-0.3, -0.25) is 9.59 Å². The first-order chi connectivity index (χ1) is 12.8. The first-order valence-corrected chi connectivity index (χ1v) is 9.62. The van der Waals surface area contributed by atoms with Crippen LogP contribution in [0.5, 0.6) is 0 Å². The molecule has 7 nitrogen and oxygen atoms in total. The number of hydrogen-bond donors (Lipinski definition) is 2. The Bertz CT molecular complexity index is 1060. The van der Waals surface area contributed by atoms with Crippen LogP contribution in [0.4, 0.5) is 5.69 Å². The molecule has 0 saturated heterocycles. The zero-order valence-corrected chi connectivity index (χ0v) is 17.6. The molecule has 0 aliphatic carbocycles. The minimum absolute atomic E-state index is 0.143. The van der Waals surface area contributed by atoms with Crippen LogP contribution >= 0.6 is 34.2 Å². The number of halogens is 2. The van der Waals surface area contributed by atoms with Gasteiger partial charge in [0.15, 0.2) is 5.65 Å². The summed E-state index contributed by atoms with van der Waals surface area (Å²) in [6, 6.07) is 5.45. The van der Waals surface area contributed by atoms with Gasteiger partial charge in [0, 0.05) is 21.4 Å². The molecule has 0 bridgehead atoms. The van der Waals surface area contributed by atoms with E-state index in [1.807, 2.05) is 19.9 Å². The van der Waals surface area contributed by atoms with Crippen molar-refractivity contribution in [1.29, 1.82) is 0 Å². The van der Waals surface area contributed by atoms with Gasteiger partial charge in [0.2, 0.25) is 5.91 Å². The highest BCUT2D eigenvalue weighted by Gasteiger charge is 2.17. The molecule has 0 saturated carbocycles. The number of fused-ring (bicyclic) bond motifs is 1. The number of primary amides is 1. The van der Waals surface area contributed by atoms with Crippen LogP contribution in [0.3, 0.4) is 0 Å². The van der Waals surface area contributed by atoms with Crippen molar-refractivity contribution in [2.45, 2.75) is 26.7 Å². The van der Waals surface area contributed by atoms with Gasteiger partial charge in [0.05, 0.1) is 16.9 Å². The number of amides is 2. The molecule has 3 aromatic rings. The Morgan fingerprint density at radius 2 is 2.07 bits per heavy atom. The minimum atomic E-state index is -0.571. The highest BCUT2D eigenvalue weighted by Crippen LogP contribution is 2.24. The highest BCUT2D eigenvalue weighted by atomic mass is 127. The molecule has 0 aliphatic heterocycles. The number of anilines is 1. The lowest BCUT2D eigenvalue weighted by Crippen LogP contribution is -2.15. The zero-order chi connectivity index (χ0) is 19.7. The molecule has 3 rings (SSSR count). The summed E-state index contributed by atoms with van der Waals surface area (Å²) >= 11 is 8.31. The molecule has 140 valence electrons. The number of nitrogens with zero attached hydrogens (tertiary/aromatic N) is 3. The summed E-state index contributed by atoms with van der Waals surface area (Å²) in [6.07, 6.45) is 2.16. The minimum Gasteiger partial charge on any atom is -0.365 e. The van der Waals surface area contributed by atoms with Crippen LogP contribution in [-0.2, 0) is 11.2 Å². The molecule has 1 aromatic carbocycles. The van der Waals surface area contributed by atoms with Crippen LogP contribution in [0.1, 0.15) is 33.7 Å². The lowest BCUT2D eigenvalue weighted by atomic mass is 10.1. The second-order valence-electron chi connectivity index (χ2n) is 6.09. The third-order valence-corrected chi connectivity index (χ3v) is 5.27. The largest absolute Gasteiger partial charge is 0.365 e. The highest BCUT2D eigenvalue weighted by molar-refractivity contribution is 14.1. The van der Waals surface area contributed by atoms with E-state index in [0.717, 1.165) is 20.5 Å². The number of carbonyl (C=O) groups excluding carboxylic acids is 2. The van der Waals surface area contributed by atoms with Crippen LogP contribution in [0.15, 0.2) is 24.4 Å². The van der Waals surface area contributed by atoms with Crippen molar-refractivity contribution in [2.75, 3.05) is 5.32 Å². The second kappa shape index (κ2) is 7.81. The predicted molar refractivity (Wildman–Crippen MR) is 112 cm³/mol.